The fraction of sp³-hybridized carbons (Fsp3) is 1.00. The molecular weight excluding hydrogens is 200 g/mol. The molecule has 15 heavy (non-hydrogen) atoms. The highest BCUT2D eigenvalue weighted by atomic mass is 16.5. The molecule has 1 aliphatic rings. The molecule has 0 radical (unpaired) electrons. The van der Waals surface area contributed by atoms with Gasteiger partial charge in [0.25, 0.3) is 0 Å². The quantitative estimate of drug-likeness (QED) is 0.574. The molecule has 0 aliphatic carbocycles. The van der Waals surface area contributed by atoms with Crippen molar-refractivity contribution < 1.29 is 24.8 Å². The van der Waals surface area contributed by atoms with Crippen LogP contribution in [-0.4, -0.2) is 61.1 Å². The number of rotatable bonds is 1. The van der Waals surface area contributed by atoms with Crippen molar-refractivity contribution in [3.63, 3.8) is 0 Å². The molecule has 1 fully saturated rings. The second-order valence-electron chi connectivity index (χ2n) is 2.92. The maximum absolute atomic E-state index is 9.04. The van der Waals surface area contributed by atoms with Crippen LogP contribution >= 0.6 is 0 Å². The van der Waals surface area contributed by atoms with Crippen LogP contribution in [-0.2, 0) is 9.47 Å². The molecule has 3 atom stereocenters. The van der Waals surface area contributed by atoms with Crippen molar-refractivity contribution in [3.8, 4) is 0 Å². The van der Waals surface area contributed by atoms with E-state index in [0.29, 0.717) is 6.42 Å². The lowest BCUT2D eigenvalue weighted by Crippen LogP contribution is -2.42. The van der Waals surface area contributed by atoms with Crippen LogP contribution in [0.5, 0.6) is 0 Å². The number of methoxy groups -OCH3 is 1. The first-order valence-electron chi connectivity index (χ1n) is 5.14. The van der Waals surface area contributed by atoms with E-state index in [2.05, 4.69) is 4.74 Å². The van der Waals surface area contributed by atoms with Crippen LogP contribution in [0.25, 0.3) is 0 Å². The Morgan fingerprint density at radius 1 is 1.20 bits per heavy atom. The molecule has 5 heteroatoms. The highest BCUT2D eigenvalue weighted by Gasteiger charge is 2.27. The van der Waals surface area contributed by atoms with Crippen LogP contribution in [0.1, 0.15) is 20.3 Å². The molecule has 94 valence electrons. The maximum atomic E-state index is 9.04. The number of hydrogen-bond donors (Lipinski definition) is 3. The van der Waals surface area contributed by atoms with Gasteiger partial charge >= 0.3 is 0 Å². The Morgan fingerprint density at radius 2 is 1.67 bits per heavy atom. The summed E-state index contributed by atoms with van der Waals surface area (Å²) in [7, 11) is 3.25. The van der Waals surface area contributed by atoms with Gasteiger partial charge in [0.1, 0.15) is 6.10 Å². The molecule has 1 rings (SSSR count). The van der Waals surface area contributed by atoms with Crippen LogP contribution in [0.3, 0.4) is 0 Å². The summed E-state index contributed by atoms with van der Waals surface area (Å²) in [5, 5.41) is 26.5. The van der Waals surface area contributed by atoms with Gasteiger partial charge in [0.05, 0.1) is 25.4 Å². The molecule has 3 N–H and O–H groups in total. The van der Waals surface area contributed by atoms with Crippen molar-refractivity contribution in [2.45, 2.75) is 38.6 Å². The van der Waals surface area contributed by atoms with Gasteiger partial charge in [-0.1, -0.05) is 13.8 Å². The largest absolute Gasteiger partial charge is 0.394 e. The average molecular weight is 224 g/mol. The fourth-order valence-corrected chi connectivity index (χ4v) is 0.967. The minimum Gasteiger partial charge on any atom is -0.394 e. The molecule has 1 saturated heterocycles. The SMILES string of the molecule is CC.COC.OCC1CC(O)C(O)CO1. The molecular formula is C10H24O5. The first kappa shape index (κ1) is 17.2. The monoisotopic (exact) mass is 224 g/mol. The molecule has 0 aromatic heterocycles. The lowest BCUT2D eigenvalue weighted by Gasteiger charge is -2.29. The van der Waals surface area contributed by atoms with Gasteiger partial charge in [-0.2, -0.15) is 0 Å². The highest BCUT2D eigenvalue weighted by molar-refractivity contribution is 4.76. The van der Waals surface area contributed by atoms with Crippen LogP contribution in [0.2, 0.25) is 0 Å². The molecule has 0 saturated carbocycles. The van der Waals surface area contributed by atoms with Gasteiger partial charge in [-0.15, -0.1) is 0 Å². The number of aliphatic hydroxyl groups excluding tert-OH is 3. The molecule has 5 nitrogen and oxygen atoms in total. The molecule has 0 aromatic carbocycles. The smallest absolute Gasteiger partial charge is 0.103 e. The Kier molecular flexibility index (Phi) is 13.6. The minimum absolute atomic E-state index is 0.0935. The van der Waals surface area contributed by atoms with Crippen LogP contribution in [0, 0.1) is 0 Å². The summed E-state index contributed by atoms with van der Waals surface area (Å²) in [4.78, 5) is 0. The summed E-state index contributed by atoms with van der Waals surface area (Å²) in [6.45, 7) is 4.02. The topological polar surface area (TPSA) is 79.2 Å². The van der Waals surface area contributed by atoms with E-state index in [1.807, 2.05) is 13.8 Å². The Labute approximate surface area is 91.6 Å². The average Bonchev–Trinajstić information content (AvgIpc) is 2.26. The van der Waals surface area contributed by atoms with E-state index in [4.69, 9.17) is 20.1 Å². The normalized spacial score (nSPS) is 29.4. The van der Waals surface area contributed by atoms with E-state index < -0.39 is 12.2 Å². The third kappa shape index (κ3) is 8.77. The van der Waals surface area contributed by atoms with E-state index in [0.717, 1.165) is 0 Å². The number of ether oxygens (including phenoxy) is 2. The Morgan fingerprint density at radius 3 is 2.00 bits per heavy atom. The first-order chi connectivity index (χ1) is 7.15. The lowest BCUT2D eigenvalue weighted by atomic mass is 10.0. The van der Waals surface area contributed by atoms with Crippen LogP contribution in [0.15, 0.2) is 0 Å². The van der Waals surface area contributed by atoms with Gasteiger partial charge < -0.3 is 24.8 Å². The third-order valence-corrected chi connectivity index (χ3v) is 1.65. The molecule has 0 aromatic rings. The minimum atomic E-state index is -0.789. The Hall–Kier alpha value is -0.200. The Balaban J connectivity index is 0. The zero-order valence-electron chi connectivity index (χ0n) is 10.0. The number of hydrogen-bond acceptors (Lipinski definition) is 5. The zero-order valence-corrected chi connectivity index (χ0v) is 10.0. The van der Waals surface area contributed by atoms with E-state index in [9.17, 15) is 0 Å². The fourth-order valence-electron chi connectivity index (χ4n) is 0.967. The second kappa shape index (κ2) is 11.9. The van der Waals surface area contributed by atoms with Crippen molar-refractivity contribution >= 4 is 0 Å². The molecule has 0 amide bonds. The van der Waals surface area contributed by atoms with E-state index in [1.54, 1.807) is 14.2 Å². The second-order valence-corrected chi connectivity index (χ2v) is 2.92. The lowest BCUT2D eigenvalue weighted by molar-refractivity contribution is -0.131. The van der Waals surface area contributed by atoms with Gasteiger partial charge in [0, 0.05) is 20.6 Å². The van der Waals surface area contributed by atoms with Gasteiger partial charge in [-0.25, -0.2) is 0 Å². The van der Waals surface area contributed by atoms with E-state index >= 15 is 0 Å². The summed E-state index contributed by atoms with van der Waals surface area (Å²) >= 11 is 0. The standard InChI is InChI=1S/C6H12O4.C2H6O.C2H6/c7-2-4-1-5(8)6(9)3-10-4;1-3-2;1-2/h4-9H,1-3H2;1-2H3;1-2H3. The van der Waals surface area contributed by atoms with Crippen molar-refractivity contribution in [3.05, 3.63) is 0 Å². The predicted molar refractivity (Wildman–Crippen MR) is 57.7 cm³/mol. The first-order valence-corrected chi connectivity index (χ1v) is 5.14. The summed E-state index contributed by atoms with van der Waals surface area (Å²) in [5.41, 5.74) is 0. The third-order valence-electron chi connectivity index (χ3n) is 1.65. The van der Waals surface area contributed by atoms with Crippen LogP contribution < -0.4 is 0 Å². The van der Waals surface area contributed by atoms with Gasteiger partial charge in [0.2, 0.25) is 0 Å². The van der Waals surface area contributed by atoms with Gasteiger partial charge in [-0.05, 0) is 0 Å². The summed E-state index contributed by atoms with van der Waals surface area (Å²) < 4.78 is 9.20. The van der Waals surface area contributed by atoms with Gasteiger partial charge in [0.15, 0.2) is 0 Å². The van der Waals surface area contributed by atoms with Crippen molar-refractivity contribution in [1.29, 1.82) is 0 Å². The van der Waals surface area contributed by atoms with E-state index in [-0.39, 0.29) is 19.3 Å². The van der Waals surface area contributed by atoms with Gasteiger partial charge in [-0.3, -0.25) is 0 Å². The van der Waals surface area contributed by atoms with Crippen LogP contribution in [0.4, 0.5) is 0 Å². The zero-order chi connectivity index (χ0) is 12.3. The predicted octanol–water partition coefficient (Wildman–Crippen LogP) is -0.222. The van der Waals surface area contributed by atoms with Crippen molar-refractivity contribution in [2.75, 3.05) is 27.4 Å². The molecule has 1 aliphatic heterocycles. The molecule has 3 unspecified atom stereocenters. The number of aliphatic hydroxyl groups is 3. The van der Waals surface area contributed by atoms with Crippen molar-refractivity contribution in [1.82, 2.24) is 0 Å². The van der Waals surface area contributed by atoms with Crippen molar-refractivity contribution in [2.24, 2.45) is 0 Å². The molecule has 1 heterocycles. The molecule has 0 spiro atoms. The summed E-state index contributed by atoms with van der Waals surface area (Å²) in [6, 6.07) is 0. The summed E-state index contributed by atoms with van der Waals surface area (Å²) in [5.74, 6) is 0. The molecule has 0 bridgehead atoms. The Bertz CT molecular complexity index is 120. The highest BCUT2D eigenvalue weighted by Crippen LogP contribution is 2.13. The summed E-state index contributed by atoms with van der Waals surface area (Å²) in [6.07, 6.45) is -1.52. The maximum Gasteiger partial charge on any atom is 0.103 e. The van der Waals surface area contributed by atoms with E-state index in [1.165, 1.54) is 0 Å².